The van der Waals surface area contributed by atoms with E-state index in [-0.39, 0.29) is 6.04 Å². The minimum Gasteiger partial charge on any atom is -0.271 e. The summed E-state index contributed by atoms with van der Waals surface area (Å²) in [5, 5.41) is 1.14. The van der Waals surface area contributed by atoms with Crippen LogP contribution in [0.15, 0.2) is 54.6 Å². The monoisotopic (exact) mass is 277 g/mol. The number of aromatic nitrogens is 1. The number of pyridine rings is 1. The van der Waals surface area contributed by atoms with Gasteiger partial charge in [-0.05, 0) is 37.1 Å². The molecule has 0 bridgehead atoms. The first-order valence-electron chi connectivity index (χ1n) is 7.08. The average Bonchev–Trinajstić information content (AvgIpc) is 2.50. The molecule has 0 saturated heterocycles. The second-order valence-electron chi connectivity index (χ2n) is 5.39. The summed E-state index contributed by atoms with van der Waals surface area (Å²) < 4.78 is 0. The van der Waals surface area contributed by atoms with Gasteiger partial charge in [-0.25, -0.2) is 5.43 Å². The SMILES string of the molecule is Cc1ccc(C(NN)c2ccc3ccccc3n2)c(C)c1. The Bertz CT molecular complexity index is 780. The van der Waals surface area contributed by atoms with Crippen LogP contribution in [0.1, 0.15) is 28.4 Å². The van der Waals surface area contributed by atoms with Gasteiger partial charge < -0.3 is 0 Å². The highest BCUT2D eigenvalue weighted by atomic mass is 15.2. The normalized spacial score (nSPS) is 12.5. The molecule has 0 aliphatic heterocycles. The lowest BCUT2D eigenvalue weighted by Gasteiger charge is -2.19. The number of aryl methyl sites for hydroxylation is 2. The molecular formula is C18H19N3. The number of rotatable bonds is 3. The Morgan fingerprint density at radius 3 is 2.57 bits per heavy atom. The maximum atomic E-state index is 5.80. The van der Waals surface area contributed by atoms with Gasteiger partial charge in [-0.15, -0.1) is 0 Å². The molecule has 1 aromatic heterocycles. The van der Waals surface area contributed by atoms with Crippen LogP contribution in [0.5, 0.6) is 0 Å². The number of fused-ring (bicyclic) bond motifs is 1. The first-order chi connectivity index (χ1) is 10.2. The minimum absolute atomic E-state index is 0.102. The molecule has 0 spiro atoms. The topological polar surface area (TPSA) is 50.9 Å². The Hall–Kier alpha value is -2.23. The zero-order valence-corrected chi connectivity index (χ0v) is 12.3. The van der Waals surface area contributed by atoms with Crippen LogP contribution in [0.3, 0.4) is 0 Å². The second kappa shape index (κ2) is 5.64. The fraction of sp³-hybridized carbons (Fsp3) is 0.167. The maximum Gasteiger partial charge on any atom is 0.0884 e. The van der Waals surface area contributed by atoms with Crippen LogP contribution < -0.4 is 11.3 Å². The molecule has 2 aromatic carbocycles. The highest BCUT2D eigenvalue weighted by Gasteiger charge is 2.16. The zero-order chi connectivity index (χ0) is 14.8. The van der Waals surface area contributed by atoms with Crippen molar-refractivity contribution >= 4 is 10.9 Å². The molecule has 3 N–H and O–H groups in total. The average molecular weight is 277 g/mol. The third-order valence-corrected chi connectivity index (χ3v) is 3.82. The van der Waals surface area contributed by atoms with Crippen LogP contribution in [-0.4, -0.2) is 4.98 Å². The lowest BCUT2D eigenvalue weighted by atomic mass is 9.97. The number of nitrogens with zero attached hydrogens (tertiary/aromatic N) is 1. The fourth-order valence-corrected chi connectivity index (χ4v) is 2.73. The summed E-state index contributed by atoms with van der Waals surface area (Å²) in [5.41, 5.74) is 8.44. The molecule has 21 heavy (non-hydrogen) atoms. The molecule has 0 aliphatic rings. The van der Waals surface area contributed by atoms with Crippen molar-refractivity contribution in [3.05, 3.63) is 77.0 Å². The summed E-state index contributed by atoms with van der Waals surface area (Å²) in [4.78, 5) is 4.74. The van der Waals surface area contributed by atoms with Gasteiger partial charge in [-0.3, -0.25) is 10.8 Å². The molecule has 1 unspecified atom stereocenters. The van der Waals surface area contributed by atoms with Gasteiger partial charge in [0, 0.05) is 5.39 Å². The van der Waals surface area contributed by atoms with Gasteiger partial charge in [0.15, 0.2) is 0 Å². The summed E-state index contributed by atoms with van der Waals surface area (Å²) in [6.07, 6.45) is 0. The maximum absolute atomic E-state index is 5.80. The molecule has 0 fully saturated rings. The number of benzene rings is 2. The minimum atomic E-state index is -0.102. The van der Waals surface area contributed by atoms with E-state index >= 15 is 0 Å². The molecule has 3 heteroatoms. The molecule has 0 saturated carbocycles. The van der Waals surface area contributed by atoms with Crippen LogP contribution >= 0.6 is 0 Å². The number of nitrogens with one attached hydrogen (secondary N) is 1. The van der Waals surface area contributed by atoms with Gasteiger partial charge in [0.25, 0.3) is 0 Å². The molecule has 106 valence electrons. The van der Waals surface area contributed by atoms with Gasteiger partial charge >= 0.3 is 0 Å². The van der Waals surface area contributed by atoms with Crippen molar-refractivity contribution in [1.82, 2.24) is 10.4 Å². The quantitative estimate of drug-likeness (QED) is 0.570. The Kier molecular flexibility index (Phi) is 3.69. The van der Waals surface area contributed by atoms with Crippen LogP contribution in [0.2, 0.25) is 0 Å². The number of hydrazine groups is 1. The number of hydrogen-bond donors (Lipinski definition) is 2. The van der Waals surface area contributed by atoms with Crippen molar-refractivity contribution in [1.29, 1.82) is 0 Å². The number of hydrogen-bond acceptors (Lipinski definition) is 3. The number of nitrogens with two attached hydrogens (primary N) is 1. The summed E-state index contributed by atoms with van der Waals surface area (Å²) in [7, 11) is 0. The van der Waals surface area contributed by atoms with Gasteiger partial charge in [0.2, 0.25) is 0 Å². The van der Waals surface area contributed by atoms with E-state index < -0.39 is 0 Å². The predicted molar refractivity (Wildman–Crippen MR) is 86.8 cm³/mol. The molecule has 0 radical (unpaired) electrons. The molecule has 3 aromatic rings. The first kappa shape index (κ1) is 13.7. The van der Waals surface area contributed by atoms with E-state index in [2.05, 4.69) is 49.6 Å². The van der Waals surface area contributed by atoms with Gasteiger partial charge in [0.05, 0.1) is 17.3 Å². The van der Waals surface area contributed by atoms with Crippen LogP contribution in [0, 0.1) is 13.8 Å². The Morgan fingerprint density at radius 1 is 1.00 bits per heavy atom. The van der Waals surface area contributed by atoms with Crippen LogP contribution in [0.25, 0.3) is 10.9 Å². The molecular weight excluding hydrogens is 258 g/mol. The summed E-state index contributed by atoms with van der Waals surface area (Å²) in [6, 6.07) is 18.5. The largest absolute Gasteiger partial charge is 0.271 e. The van der Waals surface area contributed by atoms with Crippen molar-refractivity contribution in [3.8, 4) is 0 Å². The predicted octanol–water partition coefficient (Wildman–Crippen LogP) is 3.40. The van der Waals surface area contributed by atoms with Gasteiger partial charge in [-0.2, -0.15) is 0 Å². The van der Waals surface area contributed by atoms with E-state index in [1.807, 2.05) is 24.3 Å². The molecule has 0 aliphatic carbocycles. The molecule has 3 rings (SSSR count). The lowest BCUT2D eigenvalue weighted by Crippen LogP contribution is -2.30. The first-order valence-corrected chi connectivity index (χ1v) is 7.08. The van der Waals surface area contributed by atoms with Crippen molar-refractivity contribution in [2.24, 2.45) is 5.84 Å². The van der Waals surface area contributed by atoms with Crippen molar-refractivity contribution in [2.45, 2.75) is 19.9 Å². The van der Waals surface area contributed by atoms with E-state index in [9.17, 15) is 0 Å². The standard InChI is InChI=1S/C18H19N3/c1-12-7-9-15(13(2)11-12)18(21-19)17-10-8-14-5-3-4-6-16(14)20-17/h3-11,18,21H,19H2,1-2H3. The van der Waals surface area contributed by atoms with E-state index in [4.69, 9.17) is 10.8 Å². The Morgan fingerprint density at radius 2 is 1.81 bits per heavy atom. The highest BCUT2D eigenvalue weighted by molar-refractivity contribution is 5.78. The summed E-state index contributed by atoms with van der Waals surface area (Å²) in [5.74, 6) is 5.80. The second-order valence-corrected chi connectivity index (χ2v) is 5.39. The summed E-state index contributed by atoms with van der Waals surface area (Å²) >= 11 is 0. The van der Waals surface area contributed by atoms with E-state index in [1.54, 1.807) is 0 Å². The van der Waals surface area contributed by atoms with E-state index in [1.165, 1.54) is 11.1 Å². The zero-order valence-electron chi connectivity index (χ0n) is 12.3. The van der Waals surface area contributed by atoms with E-state index in [0.29, 0.717) is 0 Å². The summed E-state index contributed by atoms with van der Waals surface area (Å²) in [6.45, 7) is 4.20. The Labute approximate surface area is 124 Å². The van der Waals surface area contributed by atoms with Crippen molar-refractivity contribution in [3.63, 3.8) is 0 Å². The molecule has 1 heterocycles. The van der Waals surface area contributed by atoms with Crippen molar-refractivity contribution in [2.75, 3.05) is 0 Å². The fourth-order valence-electron chi connectivity index (χ4n) is 2.73. The highest BCUT2D eigenvalue weighted by Crippen LogP contribution is 2.25. The Balaban J connectivity index is 2.09. The van der Waals surface area contributed by atoms with Crippen LogP contribution in [-0.2, 0) is 0 Å². The number of para-hydroxylation sites is 1. The van der Waals surface area contributed by atoms with Gasteiger partial charge in [-0.1, -0.05) is 48.0 Å². The lowest BCUT2D eigenvalue weighted by molar-refractivity contribution is 0.620. The third kappa shape index (κ3) is 2.66. The smallest absolute Gasteiger partial charge is 0.0884 e. The molecule has 0 amide bonds. The van der Waals surface area contributed by atoms with Crippen molar-refractivity contribution < 1.29 is 0 Å². The van der Waals surface area contributed by atoms with Gasteiger partial charge in [0.1, 0.15) is 0 Å². The molecule has 3 nitrogen and oxygen atoms in total. The van der Waals surface area contributed by atoms with E-state index in [0.717, 1.165) is 22.2 Å². The molecule has 1 atom stereocenters. The van der Waals surface area contributed by atoms with Crippen LogP contribution in [0.4, 0.5) is 0 Å². The third-order valence-electron chi connectivity index (χ3n) is 3.82.